The van der Waals surface area contributed by atoms with Crippen molar-refractivity contribution in [1.82, 2.24) is 0 Å². The van der Waals surface area contributed by atoms with E-state index in [1.54, 1.807) is 6.08 Å². The number of nitrogens with one attached hydrogen (secondary N) is 1. The molecule has 0 aliphatic heterocycles. The first-order valence-corrected chi connectivity index (χ1v) is 6.29. The zero-order valence-electron chi connectivity index (χ0n) is 11.5. The summed E-state index contributed by atoms with van der Waals surface area (Å²) in [7, 11) is 0. The van der Waals surface area contributed by atoms with Crippen LogP contribution >= 0.6 is 0 Å². The number of hydrogen-bond acceptors (Lipinski definition) is 7. The van der Waals surface area contributed by atoms with Crippen LogP contribution in [0.3, 0.4) is 0 Å². The van der Waals surface area contributed by atoms with Crippen molar-refractivity contribution >= 4 is 0 Å². The highest BCUT2D eigenvalue weighted by Gasteiger charge is 1.94. The lowest BCUT2D eigenvalue weighted by Gasteiger charge is -2.07. The first-order valence-electron chi connectivity index (χ1n) is 6.29. The summed E-state index contributed by atoms with van der Waals surface area (Å²) in [5, 5.41) is 11.8. The molecule has 112 valence electrons. The molecular formula is C12H24N2O5. The molecule has 0 atom stereocenters. The van der Waals surface area contributed by atoms with Gasteiger partial charge in [0.2, 0.25) is 0 Å². The molecular weight excluding hydrogens is 252 g/mol. The fourth-order valence-corrected chi connectivity index (χ4v) is 1.08. The van der Waals surface area contributed by atoms with E-state index in [9.17, 15) is 0 Å². The Bertz CT molecular complexity index is 236. The van der Waals surface area contributed by atoms with Gasteiger partial charge < -0.3 is 24.1 Å². The standard InChI is InChI=1S/C12H24N2O5/c1-2-12(14-13)11-19-10-9-18-8-7-17-6-5-16-4-3-15/h2,13,15H,3-11H2,1H3/b12-2-,14-13?. The first-order chi connectivity index (χ1) is 9.35. The van der Waals surface area contributed by atoms with Crippen LogP contribution in [-0.4, -0.2) is 64.6 Å². The summed E-state index contributed by atoms with van der Waals surface area (Å²) < 4.78 is 20.8. The topological polar surface area (TPSA) is 93.4 Å². The SMILES string of the molecule is C/C=C(/COCCOCCOCCOCCO)N=N. The molecule has 0 amide bonds. The fraction of sp³-hybridized carbons (Fsp3) is 0.833. The smallest absolute Gasteiger partial charge is 0.0904 e. The lowest BCUT2D eigenvalue weighted by atomic mass is 10.4. The van der Waals surface area contributed by atoms with Gasteiger partial charge in [-0.05, 0) is 6.92 Å². The van der Waals surface area contributed by atoms with E-state index < -0.39 is 0 Å². The lowest BCUT2D eigenvalue weighted by molar-refractivity contribution is -0.00375. The van der Waals surface area contributed by atoms with Crippen LogP contribution in [0, 0.1) is 5.53 Å². The van der Waals surface area contributed by atoms with Gasteiger partial charge in [0.1, 0.15) is 0 Å². The Balaban J connectivity index is 3.09. The van der Waals surface area contributed by atoms with E-state index in [4.69, 9.17) is 29.6 Å². The highest BCUT2D eigenvalue weighted by atomic mass is 16.6. The molecule has 2 N–H and O–H groups in total. The van der Waals surface area contributed by atoms with Crippen molar-refractivity contribution in [2.45, 2.75) is 6.92 Å². The van der Waals surface area contributed by atoms with E-state index in [1.807, 2.05) is 6.92 Å². The van der Waals surface area contributed by atoms with Crippen LogP contribution in [0.4, 0.5) is 0 Å². The maximum absolute atomic E-state index is 8.46. The molecule has 7 nitrogen and oxygen atoms in total. The number of allylic oxidation sites excluding steroid dienone is 1. The predicted octanol–water partition coefficient (Wildman–Crippen LogP) is 0.980. The van der Waals surface area contributed by atoms with Crippen LogP contribution in [0.25, 0.3) is 0 Å². The molecule has 0 saturated heterocycles. The number of nitrogens with zero attached hydrogens (tertiary/aromatic N) is 1. The van der Waals surface area contributed by atoms with Crippen LogP contribution < -0.4 is 0 Å². The molecule has 0 aromatic heterocycles. The van der Waals surface area contributed by atoms with Crippen molar-refractivity contribution in [2.75, 3.05) is 59.5 Å². The molecule has 0 heterocycles. The quantitative estimate of drug-likeness (QED) is 0.364. The normalized spacial score (nSPS) is 11.8. The molecule has 0 saturated carbocycles. The Kier molecular flexibility index (Phi) is 14.5. The third kappa shape index (κ3) is 13.4. The molecule has 0 radical (unpaired) electrons. The third-order valence-corrected chi connectivity index (χ3v) is 2.08. The van der Waals surface area contributed by atoms with Gasteiger partial charge in [-0.1, -0.05) is 6.08 Å². The number of aliphatic hydroxyl groups is 1. The van der Waals surface area contributed by atoms with Gasteiger partial charge in [-0.25, -0.2) is 5.53 Å². The van der Waals surface area contributed by atoms with Crippen LogP contribution in [0.2, 0.25) is 0 Å². The Morgan fingerprint density at radius 2 is 1.42 bits per heavy atom. The van der Waals surface area contributed by atoms with Crippen LogP contribution in [0.1, 0.15) is 6.92 Å². The highest BCUT2D eigenvalue weighted by Crippen LogP contribution is 1.95. The minimum absolute atomic E-state index is 0.0333. The summed E-state index contributed by atoms with van der Waals surface area (Å²) in [5.74, 6) is 0. The Morgan fingerprint density at radius 3 is 1.84 bits per heavy atom. The van der Waals surface area contributed by atoms with E-state index in [2.05, 4.69) is 5.11 Å². The molecule has 0 aromatic carbocycles. The van der Waals surface area contributed by atoms with Crippen molar-refractivity contribution in [3.63, 3.8) is 0 Å². The van der Waals surface area contributed by atoms with Gasteiger partial charge in [-0.2, -0.15) is 5.11 Å². The maximum atomic E-state index is 8.46. The van der Waals surface area contributed by atoms with Crippen LogP contribution in [-0.2, 0) is 18.9 Å². The van der Waals surface area contributed by atoms with Crippen LogP contribution in [0.5, 0.6) is 0 Å². The summed E-state index contributed by atoms with van der Waals surface area (Å²) >= 11 is 0. The number of aliphatic hydroxyl groups excluding tert-OH is 1. The van der Waals surface area contributed by atoms with Crippen molar-refractivity contribution in [3.05, 3.63) is 11.8 Å². The van der Waals surface area contributed by atoms with Gasteiger partial charge in [0.05, 0.1) is 65.2 Å². The summed E-state index contributed by atoms with van der Waals surface area (Å²) in [5.41, 5.74) is 7.42. The number of hydrogen-bond donors (Lipinski definition) is 2. The van der Waals surface area contributed by atoms with Gasteiger partial charge in [0.25, 0.3) is 0 Å². The molecule has 19 heavy (non-hydrogen) atoms. The number of rotatable bonds is 14. The van der Waals surface area contributed by atoms with Gasteiger partial charge in [-0.3, -0.25) is 0 Å². The predicted molar refractivity (Wildman–Crippen MR) is 69.3 cm³/mol. The molecule has 0 aliphatic rings. The summed E-state index contributed by atoms with van der Waals surface area (Å²) in [6.45, 7) is 5.46. The Labute approximate surface area is 114 Å². The summed E-state index contributed by atoms with van der Waals surface area (Å²) in [6, 6.07) is 0. The Morgan fingerprint density at radius 1 is 0.947 bits per heavy atom. The van der Waals surface area contributed by atoms with E-state index >= 15 is 0 Å². The van der Waals surface area contributed by atoms with E-state index in [-0.39, 0.29) is 6.61 Å². The van der Waals surface area contributed by atoms with Crippen molar-refractivity contribution in [2.24, 2.45) is 5.11 Å². The monoisotopic (exact) mass is 276 g/mol. The molecule has 0 bridgehead atoms. The van der Waals surface area contributed by atoms with Crippen LogP contribution in [0.15, 0.2) is 16.9 Å². The minimum Gasteiger partial charge on any atom is -0.394 e. The first kappa shape index (κ1) is 18.1. The summed E-state index contributed by atoms with van der Waals surface area (Å²) in [6.07, 6.45) is 1.74. The zero-order chi connectivity index (χ0) is 14.2. The third-order valence-electron chi connectivity index (χ3n) is 2.08. The average molecular weight is 276 g/mol. The maximum Gasteiger partial charge on any atom is 0.0904 e. The molecule has 0 fully saturated rings. The highest BCUT2D eigenvalue weighted by molar-refractivity contribution is 4.95. The average Bonchev–Trinajstić information content (AvgIpc) is 2.44. The second kappa shape index (κ2) is 15.2. The van der Waals surface area contributed by atoms with E-state index in [0.717, 1.165) is 0 Å². The second-order valence-corrected chi connectivity index (χ2v) is 3.51. The largest absolute Gasteiger partial charge is 0.394 e. The second-order valence-electron chi connectivity index (χ2n) is 3.51. The molecule has 0 rings (SSSR count). The fourth-order valence-electron chi connectivity index (χ4n) is 1.08. The van der Waals surface area contributed by atoms with Gasteiger partial charge in [-0.15, -0.1) is 0 Å². The molecule has 0 aliphatic carbocycles. The summed E-state index contributed by atoms with van der Waals surface area (Å²) in [4.78, 5) is 0. The molecule has 0 unspecified atom stereocenters. The molecule has 0 spiro atoms. The van der Waals surface area contributed by atoms with Gasteiger partial charge in [0, 0.05) is 0 Å². The molecule has 7 heteroatoms. The Hall–Kier alpha value is -0.860. The number of ether oxygens (including phenoxy) is 4. The lowest BCUT2D eigenvalue weighted by Crippen LogP contribution is -2.12. The van der Waals surface area contributed by atoms with Crippen molar-refractivity contribution < 1.29 is 24.1 Å². The van der Waals surface area contributed by atoms with E-state index in [1.165, 1.54) is 0 Å². The van der Waals surface area contributed by atoms with Crippen molar-refractivity contribution in [3.8, 4) is 0 Å². The molecule has 0 aromatic rings. The van der Waals surface area contributed by atoms with E-state index in [0.29, 0.717) is 58.6 Å². The van der Waals surface area contributed by atoms with Gasteiger partial charge in [0.15, 0.2) is 0 Å². The zero-order valence-corrected chi connectivity index (χ0v) is 11.5. The van der Waals surface area contributed by atoms with Crippen molar-refractivity contribution in [1.29, 1.82) is 5.53 Å². The minimum atomic E-state index is 0.0333. The van der Waals surface area contributed by atoms with Gasteiger partial charge >= 0.3 is 0 Å².